The minimum absolute atomic E-state index is 0.0657. The van der Waals surface area contributed by atoms with Crippen LogP contribution in [0.5, 0.6) is 0 Å². The van der Waals surface area contributed by atoms with Gasteiger partial charge in [-0.15, -0.1) is 0 Å². The quantitative estimate of drug-likeness (QED) is 0.0261. The Balaban J connectivity index is 4.25. The van der Waals surface area contributed by atoms with Gasteiger partial charge in [0.25, 0.3) is 0 Å². The average Bonchev–Trinajstić information content (AvgIpc) is 3.41. The van der Waals surface area contributed by atoms with Gasteiger partial charge in [0.1, 0.15) is 13.2 Å². The van der Waals surface area contributed by atoms with Gasteiger partial charge in [-0.1, -0.05) is 341 Å². The maximum atomic E-state index is 12.9. The van der Waals surface area contributed by atoms with E-state index in [-0.39, 0.29) is 31.1 Å². The third-order valence-corrected chi connectivity index (χ3v) is 15.8. The van der Waals surface area contributed by atoms with Crippen LogP contribution in [-0.2, 0) is 28.6 Å². The summed E-state index contributed by atoms with van der Waals surface area (Å²) in [7, 11) is 0. The maximum absolute atomic E-state index is 12.9. The van der Waals surface area contributed by atoms with Gasteiger partial charge in [0, 0.05) is 19.3 Å². The summed E-state index contributed by atoms with van der Waals surface area (Å²) in [5, 5.41) is 0. The van der Waals surface area contributed by atoms with Crippen molar-refractivity contribution in [2.45, 2.75) is 399 Å². The summed E-state index contributed by atoms with van der Waals surface area (Å²) in [5.41, 5.74) is 0. The van der Waals surface area contributed by atoms with Crippen molar-refractivity contribution in [1.29, 1.82) is 0 Å². The first kappa shape index (κ1) is 73.2. The van der Waals surface area contributed by atoms with Crippen LogP contribution in [-0.4, -0.2) is 37.2 Å². The Labute approximate surface area is 469 Å². The minimum Gasteiger partial charge on any atom is -0.462 e. The van der Waals surface area contributed by atoms with Crippen molar-refractivity contribution in [3.63, 3.8) is 0 Å². The second-order valence-electron chi connectivity index (χ2n) is 23.5. The molecule has 6 nitrogen and oxygen atoms in total. The highest BCUT2D eigenvalue weighted by atomic mass is 16.6. The average molecular weight is 1060 g/mol. The first-order valence-corrected chi connectivity index (χ1v) is 34.2. The Hall–Kier alpha value is -1.85. The van der Waals surface area contributed by atoms with Gasteiger partial charge in [0.15, 0.2) is 6.10 Å². The fourth-order valence-electron chi connectivity index (χ4n) is 10.6. The van der Waals surface area contributed by atoms with Crippen molar-refractivity contribution in [3.8, 4) is 0 Å². The predicted molar refractivity (Wildman–Crippen MR) is 326 cm³/mol. The monoisotopic (exact) mass is 1060 g/mol. The molecule has 6 heteroatoms. The van der Waals surface area contributed by atoms with Crippen LogP contribution in [0.25, 0.3) is 0 Å². The zero-order valence-corrected chi connectivity index (χ0v) is 51.1. The summed E-state index contributed by atoms with van der Waals surface area (Å²) >= 11 is 0. The van der Waals surface area contributed by atoms with E-state index in [1.54, 1.807) is 0 Å². The zero-order chi connectivity index (χ0) is 54.3. The molecule has 0 amide bonds. The largest absolute Gasteiger partial charge is 0.462 e. The van der Waals surface area contributed by atoms with Crippen LogP contribution in [0.2, 0.25) is 0 Å². The van der Waals surface area contributed by atoms with Crippen LogP contribution < -0.4 is 0 Å². The van der Waals surface area contributed by atoms with E-state index in [1.165, 1.54) is 289 Å². The van der Waals surface area contributed by atoms with Crippen LogP contribution >= 0.6 is 0 Å². The molecular weight excluding hydrogens is 925 g/mol. The molecule has 75 heavy (non-hydrogen) atoms. The maximum Gasteiger partial charge on any atom is 0.306 e. The molecule has 0 aromatic rings. The number of unbranched alkanes of at least 4 members (excludes halogenated alkanes) is 51. The zero-order valence-electron chi connectivity index (χ0n) is 51.1. The van der Waals surface area contributed by atoms with E-state index in [2.05, 4.69) is 32.9 Å². The first-order chi connectivity index (χ1) is 37.0. The molecule has 0 aliphatic carbocycles. The normalized spacial score (nSPS) is 12.0. The third kappa shape index (κ3) is 62.9. The molecule has 1 unspecified atom stereocenters. The van der Waals surface area contributed by atoms with Crippen molar-refractivity contribution < 1.29 is 28.6 Å². The lowest BCUT2D eigenvalue weighted by molar-refractivity contribution is -0.167. The lowest BCUT2D eigenvalue weighted by Crippen LogP contribution is -2.30. The molecule has 0 radical (unpaired) electrons. The Morgan fingerprint density at radius 2 is 0.440 bits per heavy atom. The topological polar surface area (TPSA) is 78.9 Å². The summed E-state index contributed by atoms with van der Waals surface area (Å²) in [6.45, 7) is 6.72. The van der Waals surface area contributed by atoms with E-state index in [1.807, 2.05) is 0 Å². The van der Waals surface area contributed by atoms with Crippen LogP contribution in [0.1, 0.15) is 393 Å². The molecule has 444 valence electrons. The molecule has 0 spiro atoms. The molecule has 0 rings (SSSR count). The number of hydrogen-bond donors (Lipinski definition) is 0. The number of allylic oxidation sites excluding steroid dienone is 2. The number of hydrogen-bond acceptors (Lipinski definition) is 6. The Morgan fingerprint density at radius 3 is 0.667 bits per heavy atom. The number of esters is 3. The van der Waals surface area contributed by atoms with Gasteiger partial charge in [-0.2, -0.15) is 0 Å². The molecule has 0 aliphatic heterocycles. The van der Waals surface area contributed by atoms with Crippen molar-refractivity contribution in [3.05, 3.63) is 12.2 Å². The van der Waals surface area contributed by atoms with Gasteiger partial charge in [-0.25, -0.2) is 0 Å². The highest BCUT2D eigenvalue weighted by Gasteiger charge is 2.19. The molecule has 0 bridgehead atoms. The summed E-state index contributed by atoms with van der Waals surface area (Å²) < 4.78 is 17.0. The summed E-state index contributed by atoms with van der Waals surface area (Å²) in [5.74, 6) is -0.840. The van der Waals surface area contributed by atoms with Crippen molar-refractivity contribution in [1.82, 2.24) is 0 Å². The van der Waals surface area contributed by atoms with Crippen LogP contribution in [0.3, 0.4) is 0 Å². The number of ether oxygens (including phenoxy) is 3. The molecule has 0 N–H and O–H groups in total. The predicted octanol–water partition coefficient (Wildman–Crippen LogP) is 23.2. The number of carbonyl (C=O) groups excluding carboxylic acids is 3. The Bertz CT molecular complexity index is 1170. The van der Waals surface area contributed by atoms with Gasteiger partial charge in [-0.3, -0.25) is 14.4 Å². The smallest absolute Gasteiger partial charge is 0.306 e. The Morgan fingerprint density at radius 1 is 0.253 bits per heavy atom. The van der Waals surface area contributed by atoms with Gasteiger partial charge in [0.05, 0.1) is 0 Å². The highest BCUT2D eigenvalue weighted by molar-refractivity contribution is 5.71. The first-order valence-electron chi connectivity index (χ1n) is 34.2. The third-order valence-electron chi connectivity index (χ3n) is 15.8. The van der Waals surface area contributed by atoms with E-state index < -0.39 is 6.10 Å². The highest BCUT2D eigenvalue weighted by Crippen LogP contribution is 2.19. The van der Waals surface area contributed by atoms with Crippen LogP contribution in [0.15, 0.2) is 12.2 Å². The lowest BCUT2D eigenvalue weighted by Gasteiger charge is -2.18. The van der Waals surface area contributed by atoms with E-state index in [0.717, 1.165) is 64.2 Å². The minimum atomic E-state index is -0.769. The SMILES string of the molecule is CCCCCCCCC/C=C\CCCCCCCC(=O)OCC(COC(=O)CCCCCCCCCCCCCCCCCCCCCCCCCC)OC(=O)CCCCCCCCCCCCCCCCCCC. The molecule has 0 aliphatic rings. The Kier molecular flexibility index (Phi) is 63.1. The fraction of sp³-hybridized carbons (Fsp3) is 0.928. The summed E-state index contributed by atoms with van der Waals surface area (Å²) in [6.07, 6.45) is 76.6. The molecule has 0 saturated carbocycles. The van der Waals surface area contributed by atoms with E-state index in [9.17, 15) is 14.4 Å². The van der Waals surface area contributed by atoms with E-state index >= 15 is 0 Å². The molecule has 0 heterocycles. The van der Waals surface area contributed by atoms with E-state index in [0.29, 0.717) is 19.3 Å². The fourth-order valence-corrected chi connectivity index (χ4v) is 10.6. The second-order valence-corrected chi connectivity index (χ2v) is 23.5. The number of rotatable bonds is 64. The van der Waals surface area contributed by atoms with Crippen molar-refractivity contribution in [2.75, 3.05) is 13.2 Å². The van der Waals surface area contributed by atoms with Gasteiger partial charge < -0.3 is 14.2 Å². The van der Waals surface area contributed by atoms with Crippen LogP contribution in [0.4, 0.5) is 0 Å². The van der Waals surface area contributed by atoms with E-state index in [4.69, 9.17) is 14.2 Å². The summed E-state index contributed by atoms with van der Waals surface area (Å²) in [6, 6.07) is 0. The van der Waals surface area contributed by atoms with Crippen molar-refractivity contribution >= 4 is 17.9 Å². The number of carbonyl (C=O) groups is 3. The lowest BCUT2D eigenvalue weighted by atomic mass is 10.0. The van der Waals surface area contributed by atoms with Crippen LogP contribution in [0, 0.1) is 0 Å². The van der Waals surface area contributed by atoms with Gasteiger partial charge >= 0.3 is 17.9 Å². The summed E-state index contributed by atoms with van der Waals surface area (Å²) in [4.78, 5) is 38.4. The standard InChI is InChI=1S/C69H132O6/c1-4-7-10-13-16-19-22-25-28-31-32-33-34-35-36-37-39-41-44-47-50-53-56-59-62-68(71)74-65-66(64-73-67(70)61-58-55-52-49-46-43-40-30-27-24-21-18-15-12-9-6-3)75-69(72)63-60-57-54-51-48-45-42-38-29-26-23-20-17-14-11-8-5-2/h30,40,66H,4-29,31-39,41-65H2,1-3H3/b40-30-. The molecule has 0 fully saturated rings. The molecule has 0 aromatic carbocycles. The van der Waals surface area contributed by atoms with Gasteiger partial charge in [-0.05, 0) is 44.9 Å². The second kappa shape index (κ2) is 64.7. The van der Waals surface area contributed by atoms with Crippen molar-refractivity contribution in [2.24, 2.45) is 0 Å². The molecule has 0 aromatic heterocycles. The molecular formula is C69H132O6. The molecule has 0 saturated heterocycles. The van der Waals surface area contributed by atoms with Gasteiger partial charge in [0.2, 0.25) is 0 Å². The molecule has 1 atom stereocenters.